The smallest absolute Gasteiger partial charge is 0.387 e. The second kappa shape index (κ2) is 8.08. The van der Waals surface area contributed by atoms with Gasteiger partial charge in [-0.05, 0) is 42.9 Å². The van der Waals surface area contributed by atoms with E-state index in [1.165, 1.54) is 0 Å². The molecule has 0 aliphatic rings. The highest BCUT2D eigenvalue weighted by Crippen LogP contribution is 2.26. The van der Waals surface area contributed by atoms with Crippen molar-refractivity contribution in [3.63, 3.8) is 0 Å². The molecule has 1 atom stereocenters. The molecule has 1 aromatic rings. The van der Waals surface area contributed by atoms with Gasteiger partial charge in [0.1, 0.15) is 11.8 Å². The fourth-order valence-corrected chi connectivity index (χ4v) is 2.40. The lowest BCUT2D eigenvalue weighted by molar-refractivity contribution is -0.140. The van der Waals surface area contributed by atoms with Crippen molar-refractivity contribution >= 4 is 5.97 Å². The molecule has 1 aromatic carbocycles. The summed E-state index contributed by atoms with van der Waals surface area (Å²) in [5.41, 5.74) is 2.05. The van der Waals surface area contributed by atoms with Crippen LogP contribution in [0.1, 0.15) is 37.0 Å². The van der Waals surface area contributed by atoms with E-state index in [9.17, 15) is 18.7 Å². The van der Waals surface area contributed by atoms with Gasteiger partial charge in [-0.3, -0.25) is 4.79 Å². The van der Waals surface area contributed by atoms with E-state index in [4.69, 9.17) is 0 Å². The zero-order valence-corrected chi connectivity index (χ0v) is 13.3. The average Bonchev–Trinajstić information content (AvgIpc) is 2.37. The van der Waals surface area contributed by atoms with E-state index in [1.54, 1.807) is 26.0 Å². The van der Waals surface area contributed by atoms with Crippen molar-refractivity contribution in [3.05, 3.63) is 28.8 Å². The molecule has 0 aromatic heterocycles. The summed E-state index contributed by atoms with van der Waals surface area (Å²) in [7, 11) is 0. The van der Waals surface area contributed by atoms with Crippen molar-refractivity contribution in [3.8, 4) is 5.75 Å². The standard InChI is InChI=1S/C16H23F2NO3/c1-9(2)5-13(15(20)21)19-8-12-6-10(3)14(11(4)7-12)22-16(17)18/h6-7,9,13,16,19H,5,8H2,1-4H3,(H,20,21)/t13-/m0/s1. The molecular formula is C16H23F2NO3. The highest BCUT2D eigenvalue weighted by atomic mass is 19.3. The van der Waals surface area contributed by atoms with Crippen molar-refractivity contribution in [2.45, 2.75) is 53.3 Å². The first-order valence-electron chi connectivity index (χ1n) is 7.21. The third-order valence-electron chi connectivity index (χ3n) is 3.28. The minimum absolute atomic E-state index is 0.177. The predicted octanol–water partition coefficient (Wildman–Crippen LogP) is 3.49. The largest absolute Gasteiger partial charge is 0.480 e. The van der Waals surface area contributed by atoms with Crippen LogP contribution in [-0.2, 0) is 11.3 Å². The van der Waals surface area contributed by atoms with Crippen molar-refractivity contribution in [1.29, 1.82) is 0 Å². The Kier molecular flexibility index (Phi) is 6.74. The van der Waals surface area contributed by atoms with Gasteiger partial charge in [-0.2, -0.15) is 8.78 Å². The van der Waals surface area contributed by atoms with Gasteiger partial charge in [-0.15, -0.1) is 0 Å². The van der Waals surface area contributed by atoms with Crippen LogP contribution < -0.4 is 10.1 Å². The van der Waals surface area contributed by atoms with E-state index in [0.717, 1.165) is 5.56 Å². The number of halogens is 2. The number of carboxylic acid groups (broad SMARTS) is 1. The fourth-order valence-electron chi connectivity index (χ4n) is 2.40. The Labute approximate surface area is 129 Å². The molecule has 4 nitrogen and oxygen atoms in total. The van der Waals surface area contributed by atoms with Crippen molar-refractivity contribution in [2.24, 2.45) is 5.92 Å². The van der Waals surface area contributed by atoms with Crippen molar-refractivity contribution in [2.75, 3.05) is 0 Å². The molecule has 0 fully saturated rings. The quantitative estimate of drug-likeness (QED) is 0.771. The predicted molar refractivity (Wildman–Crippen MR) is 80.3 cm³/mol. The summed E-state index contributed by atoms with van der Waals surface area (Å²) in [5.74, 6) is -0.450. The first-order valence-corrected chi connectivity index (χ1v) is 7.21. The third kappa shape index (κ3) is 5.60. The molecule has 124 valence electrons. The number of aliphatic carboxylic acids is 1. The monoisotopic (exact) mass is 315 g/mol. The SMILES string of the molecule is Cc1cc(CN[C@@H](CC(C)C)C(=O)O)cc(C)c1OC(F)F. The van der Waals surface area contributed by atoms with E-state index in [2.05, 4.69) is 10.1 Å². The maximum Gasteiger partial charge on any atom is 0.387 e. The summed E-state index contributed by atoms with van der Waals surface area (Å²) >= 11 is 0. The molecule has 0 unspecified atom stereocenters. The van der Waals surface area contributed by atoms with Crippen LogP contribution in [0.25, 0.3) is 0 Å². The van der Waals surface area contributed by atoms with Crippen LogP contribution in [0, 0.1) is 19.8 Å². The molecule has 0 saturated heterocycles. The summed E-state index contributed by atoms with van der Waals surface area (Å²) in [6.07, 6.45) is 0.528. The molecule has 22 heavy (non-hydrogen) atoms. The molecule has 0 spiro atoms. The van der Waals surface area contributed by atoms with E-state index in [-0.39, 0.29) is 11.7 Å². The molecule has 0 amide bonds. The zero-order valence-electron chi connectivity index (χ0n) is 13.3. The van der Waals surface area contributed by atoms with E-state index in [1.807, 2.05) is 13.8 Å². The van der Waals surface area contributed by atoms with Gasteiger partial charge >= 0.3 is 12.6 Å². The molecule has 0 aliphatic heterocycles. The molecule has 0 bridgehead atoms. The lowest BCUT2D eigenvalue weighted by Crippen LogP contribution is -2.37. The summed E-state index contributed by atoms with van der Waals surface area (Å²) in [6.45, 7) is 4.81. The molecule has 2 N–H and O–H groups in total. The maximum atomic E-state index is 12.3. The summed E-state index contributed by atoms with van der Waals surface area (Å²) in [5, 5.41) is 12.2. The normalized spacial score (nSPS) is 12.7. The molecule has 0 radical (unpaired) electrons. The number of hydrogen-bond acceptors (Lipinski definition) is 3. The van der Waals surface area contributed by atoms with E-state index < -0.39 is 18.6 Å². The highest BCUT2D eigenvalue weighted by Gasteiger charge is 2.18. The van der Waals surface area contributed by atoms with Gasteiger partial charge < -0.3 is 15.2 Å². The van der Waals surface area contributed by atoms with Crippen LogP contribution >= 0.6 is 0 Å². The lowest BCUT2D eigenvalue weighted by atomic mass is 10.0. The topological polar surface area (TPSA) is 58.6 Å². The number of benzene rings is 1. The van der Waals surface area contributed by atoms with Crippen LogP contribution in [0.5, 0.6) is 5.75 Å². The Morgan fingerprint density at radius 1 is 1.27 bits per heavy atom. The Morgan fingerprint density at radius 2 is 1.82 bits per heavy atom. The second-order valence-corrected chi connectivity index (χ2v) is 5.84. The minimum Gasteiger partial charge on any atom is -0.480 e. The molecule has 0 heterocycles. The van der Waals surface area contributed by atoms with Crippen LogP contribution in [0.4, 0.5) is 8.78 Å². The van der Waals surface area contributed by atoms with Gasteiger partial charge in [0.15, 0.2) is 0 Å². The average molecular weight is 315 g/mol. The number of nitrogens with one attached hydrogen (secondary N) is 1. The van der Waals surface area contributed by atoms with E-state index >= 15 is 0 Å². The second-order valence-electron chi connectivity index (χ2n) is 5.84. The van der Waals surface area contributed by atoms with Gasteiger partial charge in [-0.1, -0.05) is 26.0 Å². The fraction of sp³-hybridized carbons (Fsp3) is 0.562. The Hall–Kier alpha value is -1.69. The Balaban J connectivity index is 2.80. The first kappa shape index (κ1) is 18.4. The minimum atomic E-state index is -2.86. The molecule has 6 heteroatoms. The number of alkyl halides is 2. The number of carbonyl (C=O) groups is 1. The van der Waals surface area contributed by atoms with Crippen LogP contribution in [0.3, 0.4) is 0 Å². The first-order chi connectivity index (χ1) is 10.2. The number of aryl methyl sites for hydroxylation is 2. The van der Waals surface area contributed by atoms with Crippen LogP contribution in [0.15, 0.2) is 12.1 Å². The lowest BCUT2D eigenvalue weighted by Gasteiger charge is -2.18. The maximum absolute atomic E-state index is 12.3. The molecule has 0 saturated carbocycles. The van der Waals surface area contributed by atoms with Gasteiger partial charge in [0.2, 0.25) is 0 Å². The Morgan fingerprint density at radius 3 is 2.23 bits per heavy atom. The zero-order chi connectivity index (χ0) is 16.9. The van der Waals surface area contributed by atoms with E-state index in [0.29, 0.717) is 24.1 Å². The molecular weight excluding hydrogens is 292 g/mol. The highest BCUT2D eigenvalue weighted by molar-refractivity contribution is 5.73. The number of rotatable bonds is 8. The number of ether oxygens (including phenoxy) is 1. The van der Waals surface area contributed by atoms with Gasteiger partial charge in [0, 0.05) is 6.54 Å². The summed E-state index contributed by atoms with van der Waals surface area (Å²) in [6, 6.07) is 2.83. The van der Waals surface area contributed by atoms with Gasteiger partial charge in [0.25, 0.3) is 0 Å². The van der Waals surface area contributed by atoms with Crippen molar-refractivity contribution < 1.29 is 23.4 Å². The van der Waals surface area contributed by atoms with Gasteiger partial charge in [-0.25, -0.2) is 0 Å². The summed E-state index contributed by atoms with van der Waals surface area (Å²) in [4.78, 5) is 11.2. The van der Waals surface area contributed by atoms with Crippen LogP contribution in [0.2, 0.25) is 0 Å². The molecule has 1 rings (SSSR count). The summed E-state index contributed by atoms with van der Waals surface area (Å²) < 4.78 is 29.2. The van der Waals surface area contributed by atoms with Crippen LogP contribution in [-0.4, -0.2) is 23.7 Å². The number of hydrogen-bond donors (Lipinski definition) is 2. The van der Waals surface area contributed by atoms with Gasteiger partial charge in [0.05, 0.1) is 0 Å². The number of carboxylic acids is 1. The Bertz CT molecular complexity index is 495. The molecule has 0 aliphatic carbocycles. The third-order valence-corrected chi connectivity index (χ3v) is 3.28. The van der Waals surface area contributed by atoms with Crippen molar-refractivity contribution in [1.82, 2.24) is 5.32 Å².